The van der Waals surface area contributed by atoms with Crippen molar-refractivity contribution in [1.29, 1.82) is 0 Å². The van der Waals surface area contributed by atoms with Crippen molar-refractivity contribution in [3.05, 3.63) is 36.4 Å². The van der Waals surface area contributed by atoms with Crippen LogP contribution in [-0.4, -0.2) is 23.5 Å². The number of nitrogens with one attached hydrogen (secondary N) is 2. The molecule has 5 heteroatoms. The summed E-state index contributed by atoms with van der Waals surface area (Å²) in [4.78, 5) is 21.7. The van der Waals surface area contributed by atoms with Gasteiger partial charge >= 0.3 is 5.97 Å². The third-order valence-corrected chi connectivity index (χ3v) is 1.95. The Labute approximate surface area is 99.1 Å². The Balaban J connectivity index is 2.68. The zero-order chi connectivity index (χ0) is 12.8. The topological polar surface area (TPSA) is 78.4 Å². The highest BCUT2D eigenvalue weighted by atomic mass is 16.4. The zero-order valence-electron chi connectivity index (χ0n) is 9.49. The van der Waals surface area contributed by atoms with Crippen LogP contribution in [0.5, 0.6) is 0 Å². The number of amides is 1. The second kappa shape index (κ2) is 5.69. The van der Waals surface area contributed by atoms with Gasteiger partial charge in [-0.3, -0.25) is 9.59 Å². The molecule has 0 saturated carbocycles. The van der Waals surface area contributed by atoms with Crippen LogP contribution in [0.25, 0.3) is 0 Å². The van der Waals surface area contributed by atoms with Crippen LogP contribution in [0.1, 0.15) is 6.92 Å². The van der Waals surface area contributed by atoms with Gasteiger partial charge in [0.05, 0.1) is 0 Å². The number of carbonyl (C=O) groups excluding carboxylic acids is 1. The summed E-state index contributed by atoms with van der Waals surface area (Å²) < 4.78 is 0. The van der Waals surface area contributed by atoms with E-state index in [1.807, 2.05) is 0 Å². The largest absolute Gasteiger partial charge is 0.480 e. The summed E-state index contributed by atoms with van der Waals surface area (Å²) in [5.41, 5.74) is 1.63. The van der Waals surface area contributed by atoms with Crippen molar-refractivity contribution in [2.75, 3.05) is 17.2 Å². The normalized spacial score (nSPS) is 9.47. The van der Waals surface area contributed by atoms with Gasteiger partial charge in [-0.2, -0.15) is 0 Å². The maximum absolute atomic E-state index is 11.4. The third-order valence-electron chi connectivity index (χ3n) is 1.95. The molecule has 17 heavy (non-hydrogen) atoms. The van der Waals surface area contributed by atoms with E-state index in [0.717, 1.165) is 0 Å². The Kier molecular flexibility index (Phi) is 4.28. The summed E-state index contributed by atoms with van der Waals surface area (Å²) in [6.45, 7) is 4.97. The van der Waals surface area contributed by atoms with Crippen molar-refractivity contribution in [1.82, 2.24) is 0 Å². The molecule has 3 N–H and O–H groups in total. The fourth-order valence-electron chi connectivity index (χ4n) is 1.12. The summed E-state index contributed by atoms with van der Waals surface area (Å²) in [7, 11) is 0. The maximum atomic E-state index is 11.4. The number of benzene rings is 1. The molecule has 0 aliphatic heterocycles. The second-order valence-corrected chi connectivity index (χ2v) is 3.56. The molecule has 1 amide bonds. The lowest BCUT2D eigenvalue weighted by atomic mass is 10.2. The van der Waals surface area contributed by atoms with Crippen LogP contribution < -0.4 is 10.6 Å². The van der Waals surface area contributed by atoms with E-state index < -0.39 is 5.97 Å². The molecular weight excluding hydrogens is 220 g/mol. The van der Waals surface area contributed by atoms with Gasteiger partial charge in [-0.15, -0.1) is 0 Å². The van der Waals surface area contributed by atoms with Crippen molar-refractivity contribution < 1.29 is 14.7 Å². The van der Waals surface area contributed by atoms with Crippen LogP contribution in [-0.2, 0) is 9.59 Å². The summed E-state index contributed by atoms with van der Waals surface area (Å²) in [6, 6.07) is 6.81. The molecule has 0 fully saturated rings. The van der Waals surface area contributed by atoms with E-state index in [-0.39, 0.29) is 12.5 Å². The van der Waals surface area contributed by atoms with Gasteiger partial charge in [-0.25, -0.2) is 0 Å². The molecule has 0 saturated heterocycles. The van der Waals surface area contributed by atoms with E-state index in [1.54, 1.807) is 31.2 Å². The molecule has 0 spiro atoms. The Hall–Kier alpha value is -2.30. The lowest BCUT2D eigenvalue weighted by molar-refractivity contribution is -0.134. The van der Waals surface area contributed by atoms with Crippen LogP contribution in [0.3, 0.4) is 0 Å². The van der Waals surface area contributed by atoms with Gasteiger partial charge in [0, 0.05) is 16.9 Å². The molecule has 0 aromatic heterocycles. The average Bonchev–Trinajstić information content (AvgIpc) is 2.26. The van der Waals surface area contributed by atoms with Crippen molar-refractivity contribution in [3.63, 3.8) is 0 Å². The lowest BCUT2D eigenvalue weighted by Gasteiger charge is -2.08. The van der Waals surface area contributed by atoms with Crippen LogP contribution >= 0.6 is 0 Å². The smallest absolute Gasteiger partial charge is 0.322 e. The van der Waals surface area contributed by atoms with Crippen molar-refractivity contribution in [2.45, 2.75) is 6.92 Å². The Morgan fingerprint density at radius 1 is 1.35 bits per heavy atom. The highest BCUT2D eigenvalue weighted by Crippen LogP contribution is 2.15. The minimum atomic E-state index is -0.943. The number of aliphatic carboxylic acids is 1. The SMILES string of the molecule is C=C(C)C(=O)Nc1cccc(NCC(=O)O)c1. The molecule has 1 aromatic carbocycles. The monoisotopic (exact) mass is 234 g/mol. The van der Waals surface area contributed by atoms with Gasteiger partial charge in [0.1, 0.15) is 6.54 Å². The summed E-state index contributed by atoms with van der Waals surface area (Å²) >= 11 is 0. The highest BCUT2D eigenvalue weighted by Gasteiger charge is 2.03. The van der Waals surface area contributed by atoms with E-state index in [0.29, 0.717) is 16.9 Å². The van der Waals surface area contributed by atoms with E-state index in [2.05, 4.69) is 17.2 Å². The first-order valence-corrected chi connectivity index (χ1v) is 5.01. The minimum absolute atomic E-state index is 0.169. The Bertz CT molecular complexity index is 455. The molecule has 0 unspecified atom stereocenters. The zero-order valence-corrected chi connectivity index (χ0v) is 9.49. The predicted molar refractivity (Wildman–Crippen MR) is 66.0 cm³/mol. The highest BCUT2D eigenvalue weighted by molar-refractivity contribution is 6.03. The summed E-state index contributed by atoms with van der Waals surface area (Å²) in [6.07, 6.45) is 0. The number of anilines is 2. The predicted octanol–water partition coefficient (Wildman–Crippen LogP) is 1.70. The Morgan fingerprint density at radius 3 is 2.59 bits per heavy atom. The molecule has 0 aliphatic carbocycles. The number of hydrogen-bond acceptors (Lipinski definition) is 3. The standard InChI is InChI=1S/C12H14N2O3/c1-8(2)12(17)14-10-5-3-4-9(6-10)13-7-11(15)16/h3-6,13H,1,7H2,2H3,(H,14,17)(H,15,16). The second-order valence-electron chi connectivity index (χ2n) is 3.56. The molecule has 0 bridgehead atoms. The van der Waals surface area contributed by atoms with Crippen LogP contribution in [0, 0.1) is 0 Å². The van der Waals surface area contributed by atoms with E-state index in [4.69, 9.17) is 5.11 Å². The first-order chi connectivity index (χ1) is 7.99. The number of carboxylic acids is 1. The fourth-order valence-corrected chi connectivity index (χ4v) is 1.12. The average molecular weight is 234 g/mol. The van der Waals surface area contributed by atoms with Crippen LogP contribution in [0.2, 0.25) is 0 Å². The number of carbonyl (C=O) groups is 2. The van der Waals surface area contributed by atoms with Crippen molar-refractivity contribution in [3.8, 4) is 0 Å². The first-order valence-electron chi connectivity index (χ1n) is 5.01. The number of carboxylic acid groups (broad SMARTS) is 1. The Morgan fingerprint density at radius 2 is 2.00 bits per heavy atom. The van der Waals surface area contributed by atoms with Crippen LogP contribution in [0.4, 0.5) is 11.4 Å². The third kappa shape index (κ3) is 4.38. The minimum Gasteiger partial charge on any atom is -0.480 e. The summed E-state index contributed by atoms with van der Waals surface area (Å²) in [5.74, 6) is -1.21. The van der Waals surface area contributed by atoms with Gasteiger partial charge in [0.15, 0.2) is 0 Å². The van der Waals surface area contributed by atoms with Gasteiger partial charge in [-0.05, 0) is 25.1 Å². The molecule has 0 radical (unpaired) electrons. The van der Waals surface area contributed by atoms with Gasteiger partial charge in [-0.1, -0.05) is 12.6 Å². The fraction of sp³-hybridized carbons (Fsp3) is 0.167. The van der Waals surface area contributed by atoms with E-state index >= 15 is 0 Å². The van der Waals surface area contributed by atoms with Crippen LogP contribution in [0.15, 0.2) is 36.4 Å². The quantitative estimate of drug-likeness (QED) is 0.677. The van der Waals surface area contributed by atoms with Gasteiger partial charge in [0.25, 0.3) is 5.91 Å². The molecule has 0 aliphatic rings. The molecule has 0 heterocycles. The molecule has 1 aromatic rings. The molecule has 5 nitrogen and oxygen atoms in total. The maximum Gasteiger partial charge on any atom is 0.322 e. The lowest BCUT2D eigenvalue weighted by Crippen LogP contribution is -2.14. The molecule has 0 atom stereocenters. The first kappa shape index (κ1) is 12.8. The van der Waals surface area contributed by atoms with Gasteiger partial charge in [0.2, 0.25) is 0 Å². The van der Waals surface area contributed by atoms with E-state index in [1.165, 1.54) is 0 Å². The van der Waals surface area contributed by atoms with Crippen molar-refractivity contribution >= 4 is 23.3 Å². The van der Waals surface area contributed by atoms with Crippen molar-refractivity contribution in [2.24, 2.45) is 0 Å². The van der Waals surface area contributed by atoms with E-state index in [9.17, 15) is 9.59 Å². The molecule has 90 valence electrons. The molecule has 1 rings (SSSR count). The number of rotatable bonds is 5. The number of hydrogen-bond donors (Lipinski definition) is 3. The summed E-state index contributed by atoms with van der Waals surface area (Å²) in [5, 5.41) is 13.9. The molecular formula is C12H14N2O3. The van der Waals surface area contributed by atoms with Gasteiger partial charge < -0.3 is 15.7 Å².